The van der Waals surface area contributed by atoms with E-state index in [4.69, 9.17) is 0 Å². The smallest absolute Gasteiger partial charge is 0.123 e. The van der Waals surface area contributed by atoms with E-state index in [0.29, 0.717) is 6.04 Å². The van der Waals surface area contributed by atoms with Crippen LogP contribution in [0.3, 0.4) is 0 Å². The maximum atomic E-state index is 13.2. The van der Waals surface area contributed by atoms with Crippen LogP contribution in [0.5, 0.6) is 0 Å². The van der Waals surface area contributed by atoms with Gasteiger partial charge in [-0.25, -0.2) is 4.39 Å². The second-order valence-electron chi connectivity index (χ2n) is 5.69. The summed E-state index contributed by atoms with van der Waals surface area (Å²) in [5.41, 5.74) is 1.05. The van der Waals surface area contributed by atoms with E-state index in [0.717, 1.165) is 18.0 Å². The Morgan fingerprint density at radius 3 is 2.72 bits per heavy atom. The van der Waals surface area contributed by atoms with Gasteiger partial charge >= 0.3 is 0 Å². The average Bonchev–Trinajstić information content (AvgIpc) is 2.40. The van der Waals surface area contributed by atoms with E-state index in [-0.39, 0.29) is 11.9 Å². The predicted molar refractivity (Wildman–Crippen MR) is 70.9 cm³/mol. The predicted octanol–water partition coefficient (Wildman–Crippen LogP) is 2.57. The van der Waals surface area contributed by atoms with Crippen molar-refractivity contribution in [3.63, 3.8) is 0 Å². The monoisotopic (exact) mass is 248 g/mol. The van der Waals surface area contributed by atoms with Crippen LogP contribution in [0.1, 0.15) is 31.4 Å². The lowest BCUT2D eigenvalue weighted by Gasteiger charge is -2.46. The molecule has 1 unspecified atom stereocenters. The van der Waals surface area contributed by atoms with Crippen LogP contribution in [0, 0.1) is 11.7 Å². The Morgan fingerprint density at radius 1 is 1.33 bits per heavy atom. The molecule has 18 heavy (non-hydrogen) atoms. The molecule has 0 amide bonds. The number of halogens is 1. The summed E-state index contributed by atoms with van der Waals surface area (Å²) in [5, 5.41) is 3.69. The summed E-state index contributed by atoms with van der Waals surface area (Å²) in [4.78, 5) is 2.54. The molecule has 2 atom stereocenters. The third-order valence-corrected chi connectivity index (χ3v) is 4.47. The maximum Gasteiger partial charge on any atom is 0.123 e. The maximum absolute atomic E-state index is 13.2. The lowest BCUT2D eigenvalue weighted by atomic mass is 9.83. The molecule has 2 nitrogen and oxygen atoms in total. The molecule has 98 valence electrons. The minimum Gasteiger partial charge on any atom is -0.306 e. The van der Waals surface area contributed by atoms with Crippen LogP contribution >= 0.6 is 0 Å². The van der Waals surface area contributed by atoms with Gasteiger partial charge in [0.25, 0.3) is 0 Å². The van der Waals surface area contributed by atoms with E-state index in [2.05, 4.69) is 17.1 Å². The molecule has 4 rings (SSSR count). The molecule has 2 bridgehead atoms. The first kappa shape index (κ1) is 12.1. The Morgan fingerprint density at radius 2 is 2.11 bits per heavy atom. The standard InChI is InChI=1S/C15H21FN2/c1-11(13-3-2-4-14(16)9-13)17-15-10-18-7-5-12(15)6-8-18/h2-4,9,11-12,15,17H,5-8,10H2,1H3/t11-,15?/m1/s1. The lowest BCUT2D eigenvalue weighted by Crippen LogP contribution is -2.56. The number of nitrogens with zero attached hydrogens (tertiary/aromatic N) is 1. The normalized spacial score (nSPS) is 32.4. The molecule has 0 aliphatic carbocycles. The van der Waals surface area contributed by atoms with Crippen LogP contribution in [-0.4, -0.2) is 30.6 Å². The zero-order valence-electron chi connectivity index (χ0n) is 10.9. The third-order valence-electron chi connectivity index (χ3n) is 4.47. The Bertz CT molecular complexity index is 413. The fourth-order valence-electron chi connectivity index (χ4n) is 3.35. The van der Waals surface area contributed by atoms with Crippen LogP contribution < -0.4 is 5.32 Å². The van der Waals surface area contributed by atoms with Gasteiger partial charge in [0.05, 0.1) is 0 Å². The van der Waals surface area contributed by atoms with Crippen molar-refractivity contribution in [1.29, 1.82) is 0 Å². The van der Waals surface area contributed by atoms with Crippen molar-refractivity contribution in [2.45, 2.75) is 31.8 Å². The minimum atomic E-state index is -0.143. The van der Waals surface area contributed by atoms with Gasteiger partial charge in [-0.2, -0.15) is 0 Å². The summed E-state index contributed by atoms with van der Waals surface area (Å²) in [6, 6.07) is 7.74. The van der Waals surface area contributed by atoms with Gasteiger partial charge in [0.1, 0.15) is 5.82 Å². The fraction of sp³-hybridized carbons (Fsp3) is 0.600. The number of rotatable bonds is 3. The summed E-state index contributed by atoms with van der Waals surface area (Å²) in [5.74, 6) is 0.668. The van der Waals surface area contributed by atoms with E-state index < -0.39 is 0 Å². The van der Waals surface area contributed by atoms with Gasteiger partial charge in [0.2, 0.25) is 0 Å². The summed E-state index contributed by atoms with van der Waals surface area (Å²) in [6.07, 6.45) is 2.63. The van der Waals surface area contributed by atoms with Crippen molar-refractivity contribution in [1.82, 2.24) is 10.2 Å². The number of hydrogen-bond donors (Lipinski definition) is 1. The molecular formula is C15H21FN2. The van der Waals surface area contributed by atoms with Crippen molar-refractivity contribution in [3.8, 4) is 0 Å². The van der Waals surface area contributed by atoms with Crippen molar-refractivity contribution < 1.29 is 4.39 Å². The summed E-state index contributed by atoms with van der Waals surface area (Å²) in [7, 11) is 0. The first-order valence-corrected chi connectivity index (χ1v) is 6.96. The third kappa shape index (κ3) is 2.43. The summed E-state index contributed by atoms with van der Waals surface area (Å²) >= 11 is 0. The van der Waals surface area contributed by atoms with Crippen molar-refractivity contribution >= 4 is 0 Å². The van der Waals surface area contributed by atoms with Crippen molar-refractivity contribution in [2.75, 3.05) is 19.6 Å². The molecule has 3 saturated heterocycles. The topological polar surface area (TPSA) is 15.3 Å². The molecule has 1 N–H and O–H groups in total. The molecule has 3 heteroatoms. The van der Waals surface area contributed by atoms with Crippen LogP contribution in [0.25, 0.3) is 0 Å². The van der Waals surface area contributed by atoms with E-state index in [1.807, 2.05) is 6.07 Å². The number of piperidine rings is 3. The Kier molecular flexibility index (Phi) is 3.35. The van der Waals surface area contributed by atoms with Crippen molar-refractivity contribution in [2.24, 2.45) is 5.92 Å². The van der Waals surface area contributed by atoms with Crippen LogP contribution in [0.15, 0.2) is 24.3 Å². The minimum absolute atomic E-state index is 0.143. The highest BCUT2D eigenvalue weighted by Crippen LogP contribution is 2.29. The van der Waals surface area contributed by atoms with Gasteiger partial charge in [-0.05, 0) is 56.5 Å². The summed E-state index contributed by atoms with van der Waals surface area (Å²) in [6.45, 7) is 5.81. The first-order valence-electron chi connectivity index (χ1n) is 6.96. The number of hydrogen-bond acceptors (Lipinski definition) is 2. The zero-order chi connectivity index (χ0) is 12.5. The highest BCUT2D eigenvalue weighted by Gasteiger charge is 2.34. The molecule has 3 aliphatic heterocycles. The molecule has 1 aromatic rings. The van der Waals surface area contributed by atoms with E-state index in [9.17, 15) is 4.39 Å². The van der Waals surface area contributed by atoms with Gasteiger partial charge in [-0.15, -0.1) is 0 Å². The summed E-state index contributed by atoms with van der Waals surface area (Å²) < 4.78 is 13.2. The van der Waals surface area contributed by atoms with Crippen molar-refractivity contribution in [3.05, 3.63) is 35.6 Å². The van der Waals surface area contributed by atoms with Gasteiger partial charge < -0.3 is 10.2 Å². The Labute approximate surface area is 108 Å². The van der Waals surface area contributed by atoms with Gasteiger partial charge in [0.15, 0.2) is 0 Å². The van der Waals surface area contributed by atoms with E-state index in [1.165, 1.54) is 32.0 Å². The first-order chi connectivity index (χ1) is 8.72. The molecule has 0 saturated carbocycles. The van der Waals surface area contributed by atoms with Gasteiger partial charge in [0, 0.05) is 18.6 Å². The molecule has 3 heterocycles. The number of fused-ring (bicyclic) bond motifs is 3. The van der Waals surface area contributed by atoms with Gasteiger partial charge in [-0.3, -0.25) is 0 Å². The van der Waals surface area contributed by atoms with Crippen LogP contribution in [0.2, 0.25) is 0 Å². The number of benzene rings is 1. The second-order valence-corrected chi connectivity index (χ2v) is 5.69. The second kappa shape index (κ2) is 4.98. The molecule has 3 fully saturated rings. The highest BCUT2D eigenvalue weighted by molar-refractivity contribution is 5.19. The molecule has 0 aromatic heterocycles. The van der Waals surface area contributed by atoms with E-state index in [1.54, 1.807) is 12.1 Å². The Balaban J connectivity index is 1.66. The SMILES string of the molecule is C[C@@H](NC1CN2CCC1CC2)c1cccc(F)c1. The molecule has 1 aromatic carbocycles. The zero-order valence-corrected chi connectivity index (χ0v) is 10.9. The molecule has 0 radical (unpaired) electrons. The molecule has 0 spiro atoms. The molecular weight excluding hydrogens is 227 g/mol. The fourth-order valence-corrected chi connectivity index (χ4v) is 3.35. The van der Waals surface area contributed by atoms with Crippen LogP contribution in [-0.2, 0) is 0 Å². The van der Waals surface area contributed by atoms with E-state index >= 15 is 0 Å². The Hall–Kier alpha value is -0.930. The molecule has 3 aliphatic rings. The van der Waals surface area contributed by atoms with Crippen LogP contribution in [0.4, 0.5) is 4.39 Å². The lowest BCUT2D eigenvalue weighted by molar-refractivity contribution is 0.0680. The largest absolute Gasteiger partial charge is 0.306 e. The number of nitrogens with one attached hydrogen (secondary N) is 1. The highest BCUT2D eigenvalue weighted by atomic mass is 19.1. The quantitative estimate of drug-likeness (QED) is 0.884. The van der Waals surface area contributed by atoms with Gasteiger partial charge in [-0.1, -0.05) is 12.1 Å². The average molecular weight is 248 g/mol.